The molecule has 26 heavy (non-hydrogen) atoms. The lowest BCUT2D eigenvalue weighted by atomic mass is 10.1. The molecule has 3 heterocycles. The lowest BCUT2D eigenvalue weighted by Crippen LogP contribution is -2.37. The fraction of sp³-hybridized carbons (Fsp3) is 0.200. The predicted octanol–water partition coefficient (Wildman–Crippen LogP) is 3.33. The van der Waals surface area contributed by atoms with Gasteiger partial charge in [0.05, 0.1) is 5.69 Å². The van der Waals surface area contributed by atoms with Gasteiger partial charge in [-0.3, -0.25) is 9.69 Å². The van der Waals surface area contributed by atoms with Gasteiger partial charge in [0, 0.05) is 30.4 Å². The summed E-state index contributed by atoms with van der Waals surface area (Å²) in [5, 5.41) is 0. The summed E-state index contributed by atoms with van der Waals surface area (Å²) >= 11 is 0. The molecule has 0 bridgehead atoms. The lowest BCUT2D eigenvalue weighted by Gasteiger charge is -2.27. The van der Waals surface area contributed by atoms with Crippen LogP contribution < -0.4 is 14.4 Å². The molecule has 0 N–H and O–H groups in total. The monoisotopic (exact) mass is 347 g/mol. The summed E-state index contributed by atoms with van der Waals surface area (Å²) in [5.41, 5.74) is 2.45. The van der Waals surface area contributed by atoms with Crippen LogP contribution in [-0.2, 0) is 6.54 Å². The number of rotatable bonds is 2. The van der Waals surface area contributed by atoms with Crippen LogP contribution in [0.15, 0.2) is 54.7 Å². The molecule has 0 aliphatic carbocycles. The summed E-state index contributed by atoms with van der Waals surface area (Å²) in [6.07, 6.45) is 2.90. The Hall–Kier alpha value is -3.28. The first kappa shape index (κ1) is 15.0. The number of anilines is 1. The third kappa shape index (κ3) is 2.42. The van der Waals surface area contributed by atoms with Crippen LogP contribution in [-0.4, -0.2) is 28.8 Å². The number of aryl methyl sites for hydroxylation is 1. The SMILES string of the molecule is O=C(c1ccccc1)N1CCCn2cc(-c3ccc4c(c3)OCO4)nc21. The average Bonchev–Trinajstić information content (AvgIpc) is 3.33. The molecule has 6 nitrogen and oxygen atoms in total. The standard InChI is InChI=1S/C20H17N3O3/c24-19(14-5-2-1-3-6-14)23-10-4-9-22-12-16(21-20(22)23)15-7-8-17-18(11-15)26-13-25-17/h1-3,5-8,11-12H,4,9-10,13H2. The second-order valence-corrected chi connectivity index (χ2v) is 6.36. The van der Waals surface area contributed by atoms with E-state index in [0.717, 1.165) is 35.7 Å². The Balaban J connectivity index is 1.51. The molecule has 0 atom stereocenters. The van der Waals surface area contributed by atoms with Gasteiger partial charge >= 0.3 is 0 Å². The van der Waals surface area contributed by atoms with E-state index in [9.17, 15) is 4.79 Å². The molecular formula is C20H17N3O3. The first-order valence-electron chi connectivity index (χ1n) is 8.64. The zero-order valence-electron chi connectivity index (χ0n) is 14.1. The molecule has 3 aromatic rings. The van der Waals surface area contributed by atoms with E-state index in [-0.39, 0.29) is 12.7 Å². The summed E-state index contributed by atoms with van der Waals surface area (Å²) in [6, 6.07) is 15.1. The van der Waals surface area contributed by atoms with E-state index < -0.39 is 0 Å². The molecule has 0 spiro atoms. The minimum Gasteiger partial charge on any atom is -0.454 e. The van der Waals surface area contributed by atoms with Crippen molar-refractivity contribution in [2.24, 2.45) is 0 Å². The van der Waals surface area contributed by atoms with Crippen LogP contribution in [0.4, 0.5) is 5.95 Å². The van der Waals surface area contributed by atoms with Gasteiger partial charge in [-0.15, -0.1) is 0 Å². The Bertz CT molecular complexity index is 981. The summed E-state index contributed by atoms with van der Waals surface area (Å²) in [5.74, 6) is 2.15. The molecule has 2 aliphatic heterocycles. The average molecular weight is 347 g/mol. The Morgan fingerprint density at radius 3 is 2.73 bits per heavy atom. The van der Waals surface area contributed by atoms with E-state index in [1.165, 1.54) is 0 Å². The van der Waals surface area contributed by atoms with Crippen molar-refractivity contribution in [3.05, 3.63) is 60.3 Å². The smallest absolute Gasteiger partial charge is 0.260 e. The maximum atomic E-state index is 12.9. The van der Waals surface area contributed by atoms with E-state index >= 15 is 0 Å². The van der Waals surface area contributed by atoms with Gasteiger partial charge in [-0.2, -0.15) is 0 Å². The van der Waals surface area contributed by atoms with E-state index in [1.807, 2.05) is 59.3 Å². The van der Waals surface area contributed by atoms with Crippen LogP contribution >= 0.6 is 0 Å². The van der Waals surface area contributed by atoms with Crippen molar-refractivity contribution in [2.75, 3.05) is 18.2 Å². The highest BCUT2D eigenvalue weighted by molar-refractivity contribution is 6.05. The highest BCUT2D eigenvalue weighted by atomic mass is 16.7. The maximum absolute atomic E-state index is 12.9. The number of benzene rings is 2. The first-order chi connectivity index (χ1) is 12.8. The zero-order valence-corrected chi connectivity index (χ0v) is 14.1. The molecule has 6 heteroatoms. The van der Waals surface area contributed by atoms with E-state index in [0.29, 0.717) is 18.1 Å². The van der Waals surface area contributed by atoms with Crippen molar-refractivity contribution in [3.8, 4) is 22.8 Å². The highest BCUT2D eigenvalue weighted by Gasteiger charge is 2.26. The van der Waals surface area contributed by atoms with Crippen molar-refractivity contribution in [2.45, 2.75) is 13.0 Å². The van der Waals surface area contributed by atoms with Crippen molar-refractivity contribution >= 4 is 11.9 Å². The molecule has 0 saturated heterocycles. The number of carbonyl (C=O) groups is 1. The number of aromatic nitrogens is 2. The summed E-state index contributed by atoms with van der Waals surface area (Å²) in [6.45, 7) is 1.77. The molecule has 5 rings (SSSR count). The third-order valence-corrected chi connectivity index (χ3v) is 4.71. The van der Waals surface area contributed by atoms with Crippen LogP contribution in [0.3, 0.4) is 0 Å². The summed E-state index contributed by atoms with van der Waals surface area (Å²) in [4.78, 5) is 19.4. The molecule has 0 fully saturated rings. The number of fused-ring (bicyclic) bond motifs is 2. The fourth-order valence-electron chi connectivity index (χ4n) is 3.41. The molecular weight excluding hydrogens is 330 g/mol. The lowest BCUT2D eigenvalue weighted by molar-refractivity contribution is 0.0981. The quantitative estimate of drug-likeness (QED) is 0.713. The van der Waals surface area contributed by atoms with Crippen molar-refractivity contribution in [1.29, 1.82) is 0 Å². The molecule has 2 aliphatic rings. The molecule has 130 valence electrons. The molecule has 0 radical (unpaired) electrons. The highest BCUT2D eigenvalue weighted by Crippen LogP contribution is 2.36. The van der Waals surface area contributed by atoms with Crippen molar-refractivity contribution < 1.29 is 14.3 Å². The van der Waals surface area contributed by atoms with Gasteiger partial charge < -0.3 is 14.0 Å². The second kappa shape index (κ2) is 5.91. The van der Waals surface area contributed by atoms with Gasteiger partial charge in [0.25, 0.3) is 5.91 Å². The minimum atomic E-state index is -0.0191. The minimum absolute atomic E-state index is 0.0191. The van der Waals surface area contributed by atoms with Crippen LogP contribution in [0.25, 0.3) is 11.3 Å². The zero-order chi connectivity index (χ0) is 17.5. The van der Waals surface area contributed by atoms with Crippen LogP contribution in [0.5, 0.6) is 11.5 Å². The van der Waals surface area contributed by atoms with Gasteiger partial charge in [-0.25, -0.2) is 4.98 Å². The van der Waals surface area contributed by atoms with Crippen molar-refractivity contribution in [3.63, 3.8) is 0 Å². The molecule has 1 aromatic heterocycles. The normalized spacial score (nSPS) is 15.0. The molecule has 0 unspecified atom stereocenters. The predicted molar refractivity (Wildman–Crippen MR) is 96.5 cm³/mol. The third-order valence-electron chi connectivity index (χ3n) is 4.71. The van der Waals surface area contributed by atoms with E-state index in [2.05, 4.69) is 0 Å². The van der Waals surface area contributed by atoms with Gasteiger partial charge in [0.15, 0.2) is 11.5 Å². The number of imidazole rings is 1. The molecule has 0 saturated carbocycles. The van der Waals surface area contributed by atoms with Gasteiger partial charge in [0.2, 0.25) is 12.7 Å². The van der Waals surface area contributed by atoms with Crippen LogP contribution in [0.2, 0.25) is 0 Å². The van der Waals surface area contributed by atoms with E-state index in [4.69, 9.17) is 14.5 Å². The molecule has 2 aromatic carbocycles. The first-order valence-corrected chi connectivity index (χ1v) is 8.64. The molecule has 1 amide bonds. The fourth-order valence-corrected chi connectivity index (χ4v) is 3.41. The Morgan fingerprint density at radius 1 is 1.00 bits per heavy atom. The number of nitrogens with zero attached hydrogens (tertiary/aromatic N) is 3. The van der Waals surface area contributed by atoms with Gasteiger partial charge in [-0.1, -0.05) is 18.2 Å². The number of ether oxygens (including phenoxy) is 2. The van der Waals surface area contributed by atoms with E-state index in [1.54, 1.807) is 4.90 Å². The van der Waals surface area contributed by atoms with Crippen LogP contribution in [0.1, 0.15) is 16.8 Å². The largest absolute Gasteiger partial charge is 0.454 e. The summed E-state index contributed by atoms with van der Waals surface area (Å²) in [7, 11) is 0. The Kier molecular flexibility index (Phi) is 3.41. The number of amides is 1. The Morgan fingerprint density at radius 2 is 1.85 bits per heavy atom. The second-order valence-electron chi connectivity index (χ2n) is 6.36. The topological polar surface area (TPSA) is 56.6 Å². The van der Waals surface area contributed by atoms with Crippen molar-refractivity contribution in [1.82, 2.24) is 9.55 Å². The van der Waals surface area contributed by atoms with Crippen LogP contribution in [0, 0.1) is 0 Å². The Labute approximate surface area is 150 Å². The van der Waals surface area contributed by atoms with Gasteiger partial charge in [-0.05, 0) is 36.8 Å². The summed E-state index contributed by atoms with van der Waals surface area (Å²) < 4.78 is 12.9. The van der Waals surface area contributed by atoms with Gasteiger partial charge in [0.1, 0.15) is 0 Å². The number of hydrogen-bond acceptors (Lipinski definition) is 4. The number of carbonyl (C=O) groups excluding carboxylic acids is 1. The maximum Gasteiger partial charge on any atom is 0.260 e. The number of hydrogen-bond donors (Lipinski definition) is 0.